The highest BCUT2D eigenvalue weighted by atomic mass is 16.5. The van der Waals surface area contributed by atoms with E-state index < -0.39 is 0 Å². The quantitative estimate of drug-likeness (QED) is 0.446. The minimum Gasteiger partial charge on any atom is -0.381 e. The maximum absolute atomic E-state index is 5.60. The van der Waals surface area contributed by atoms with E-state index in [1.54, 1.807) is 0 Å². The first-order valence-corrected chi connectivity index (χ1v) is 8.88. The fraction of sp³-hybridized carbons (Fsp3) is 0.941. The van der Waals surface area contributed by atoms with Gasteiger partial charge in [-0.05, 0) is 37.5 Å². The van der Waals surface area contributed by atoms with Crippen molar-refractivity contribution in [1.29, 1.82) is 0 Å². The van der Waals surface area contributed by atoms with E-state index in [1.807, 2.05) is 7.05 Å². The molecule has 2 unspecified atom stereocenters. The Bertz CT molecular complexity index is 305. The lowest BCUT2D eigenvalue weighted by Gasteiger charge is -2.22. The van der Waals surface area contributed by atoms with E-state index in [1.165, 1.54) is 51.6 Å². The van der Waals surface area contributed by atoms with Crippen LogP contribution >= 0.6 is 0 Å². The molecule has 1 saturated heterocycles. The van der Waals surface area contributed by atoms with Gasteiger partial charge in [-0.25, -0.2) is 0 Å². The Morgan fingerprint density at radius 2 is 1.81 bits per heavy atom. The van der Waals surface area contributed by atoms with Crippen molar-refractivity contribution >= 4 is 5.96 Å². The lowest BCUT2D eigenvalue weighted by molar-refractivity contribution is 0.129. The number of ether oxygens (including phenoxy) is 1. The highest BCUT2D eigenvalue weighted by molar-refractivity contribution is 5.80. The molecule has 2 rings (SSSR count). The van der Waals surface area contributed by atoms with Crippen molar-refractivity contribution in [3.05, 3.63) is 0 Å². The van der Waals surface area contributed by atoms with Crippen LogP contribution in [0.4, 0.5) is 0 Å². The molecule has 122 valence electrons. The summed E-state index contributed by atoms with van der Waals surface area (Å²) in [7, 11) is 1.90. The van der Waals surface area contributed by atoms with E-state index in [0.29, 0.717) is 0 Å². The summed E-state index contributed by atoms with van der Waals surface area (Å²) < 4.78 is 5.60. The van der Waals surface area contributed by atoms with Gasteiger partial charge < -0.3 is 15.0 Å². The lowest BCUT2D eigenvalue weighted by Crippen LogP contribution is -2.40. The molecular weight excluding hydrogens is 262 g/mol. The summed E-state index contributed by atoms with van der Waals surface area (Å²) in [6.45, 7) is 7.33. The number of fused-ring (bicyclic) bond motifs is 1. The normalized spacial score (nSPS) is 26.0. The van der Waals surface area contributed by atoms with Crippen molar-refractivity contribution in [3.63, 3.8) is 0 Å². The van der Waals surface area contributed by atoms with Gasteiger partial charge in [-0.3, -0.25) is 4.99 Å². The Balaban J connectivity index is 1.62. The minimum atomic E-state index is 0.856. The molecule has 0 aromatic rings. The predicted octanol–water partition coefficient (Wildman–Crippen LogP) is 2.89. The molecule has 2 fully saturated rings. The van der Waals surface area contributed by atoms with Crippen LogP contribution in [-0.4, -0.2) is 50.8 Å². The zero-order valence-corrected chi connectivity index (χ0v) is 13.9. The van der Waals surface area contributed by atoms with Crippen LogP contribution in [-0.2, 0) is 4.74 Å². The molecule has 1 saturated carbocycles. The van der Waals surface area contributed by atoms with Gasteiger partial charge in [0, 0.05) is 39.9 Å². The maximum Gasteiger partial charge on any atom is 0.193 e. The molecule has 1 aliphatic heterocycles. The van der Waals surface area contributed by atoms with Gasteiger partial charge in [-0.2, -0.15) is 0 Å². The molecule has 0 aromatic heterocycles. The number of hydrogen-bond donors (Lipinski definition) is 1. The van der Waals surface area contributed by atoms with E-state index >= 15 is 0 Å². The highest BCUT2D eigenvalue weighted by Gasteiger charge is 2.35. The van der Waals surface area contributed by atoms with Gasteiger partial charge >= 0.3 is 0 Å². The van der Waals surface area contributed by atoms with E-state index in [4.69, 9.17) is 4.74 Å². The average molecular weight is 295 g/mol. The van der Waals surface area contributed by atoms with Crippen LogP contribution in [0.2, 0.25) is 0 Å². The van der Waals surface area contributed by atoms with E-state index in [2.05, 4.69) is 22.1 Å². The van der Waals surface area contributed by atoms with Crippen molar-refractivity contribution in [2.24, 2.45) is 16.8 Å². The first-order valence-electron chi connectivity index (χ1n) is 8.88. The van der Waals surface area contributed by atoms with Gasteiger partial charge in [-0.1, -0.05) is 26.2 Å². The Morgan fingerprint density at radius 1 is 1.14 bits per heavy atom. The largest absolute Gasteiger partial charge is 0.381 e. The number of likely N-dealkylation sites (tertiary alicyclic amines) is 1. The van der Waals surface area contributed by atoms with Crippen LogP contribution in [0, 0.1) is 11.8 Å². The van der Waals surface area contributed by atoms with Crippen LogP contribution in [0.1, 0.15) is 51.9 Å². The van der Waals surface area contributed by atoms with Crippen LogP contribution in [0.3, 0.4) is 0 Å². The molecule has 21 heavy (non-hydrogen) atoms. The molecule has 2 aliphatic rings. The van der Waals surface area contributed by atoms with Crippen molar-refractivity contribution in [1.82, 2.24) is 10.2 Å². The van der Waals surface area contributed by atoms with Gasteiger partial charge in [-0.15, -0.1) is 0 Å². The summed E-state index contributed by atoms with van der Waals surface area (Å²) in [5, 5.41) is 3.51. The molecule has 1 N–H and O–H groups in total. The summed E-state index contributed by atoms with van der Waals surface area (Å²) >= 11 is 0. The van der Waals surface area contributed by atoms with Crippen molar-refractivity contribution in [3.8, 4) is 0 Å². The third kappa shape index (κ3) is 5.17. The van der Waals surface area contributed by atoms with Gasteiger partial charge in [0.2, 0.25) is 0 Å². The van der Waals surface area contributed by atoms with Gasteiger partial charge in [0.1, 0.15) is 0 Å². The molecule has 0 spiro atoms. The molecule has 0 bridgehead atoms. The van der Waals surface area contributed by atoms with Crippen molar-refractivity contribution in [2.75, 3.05) is 39.9 Å². The van der Waals surface area contributed by atoms with Gasteiger partial charge in [0.25, 0.3) is 0 Å². The van der Waals surface area contributed by atoms with Crippen LogP contribution in [0.25, 0.3) is 0 Å². The average Bonchev–Trinajstić information content (AvgIpc) is 2.94. The monoisotopic (exact) mass is 295 g/mol. The van der Waals surface area contributed by atoms with Gasteiger partial charge in [0.05, 0.1) is 0 Å². The SMILES string of the molecule is CCCCOCCCNC(=NC)N1CC2CCCCC2C1. The molecule has 4 heteroatoms. The second-order valence-electron chi connectivity index (χ2n) is 6.50. The Labute approximate surface area is 130 Å². The predicted molar refractivity (Wildman–Crippen MR) is 88.7 cm³/mol. The second kappa shape index (κ2) is 9.29. The standard InChI is InChI=1S/C17H33N3O/c1-3-4-11-21-12-7-10-19-17(18-2)20-13-15-8-5-6-9-16(15)14-20/h15-16H,3-14H2,1-2H3,(H,18,19). The first-order chi connectivity index (χ1) is 10.3. The fourth-order valence-corrected chi connectivity index (χ4v) is 3.63. The summed E-state index contributed by atoms with van der Waals surface area (Å²) in [4.78, 5) is 6.94. The van der Waals surface area contributed by atoms with E-state index in [0.717, 1.165) is 44.0 Å². The van der Waals surface area contributed by atoms with Gasteiger partial charge in [0.15, 0.2) is 5.96 Å². The van der Waals surface area contributed by atoms with Crippen molar-refractivity contribution < 1.29 is 4.74 Å². The molecule has 0 aromatic carbocycles. The summed E-state index contributed by atoms with van der Waals surface area (Å²) in [5.74, 6) is 2.92. The lowest BCUT2D eigenvalue weighted by atomic mass is 9.82. The van der Waals surface area contributed by atoms with Crippen molar-refractivity contribution in [2.45, 2.75) is 51.9 Å². The number of unbranched alkanes of at least 4 members (excludes halogenated alkanes) is 1. The Kier molecular flexibility index (Phi) is 7.34. The third-order valence-corrected chi connectivity index (χ3v) is 4.88. The second-order valence-corrected chi connectivity index (χ2v) is 6.50. The number of hydrogen-bond acceptors (Lipinski definition) is 2. The topological polar surface area (TPSA) is 36.9 Å². The Hall–Kier alpha value is -0.770. The number of guanidine groups is 1. The summed E-state index contributed by atoms with van der Waals surface area (Å²) in [5.41, 5.74) is 0. The maximum atomic E-state index is 5.60. The molecule has 4 nitrogen and oxygen atoms in total. The molecule has 1 heterocycles. The highest BCUT2D eigenvalue weighted by Crippen LogP contribution is 2.35. The van der Waals surface area contributed by atoms with Crippen LogP contribution < -0.4 is 5.32 Å². The number of nitrogens with zero attached hydrogens (tertiary/aromatic N) is 2. The minimum absolute atomic E-state index is 0.856. The molecule has 1 aliphatic carbocycles. The number of rotatable bonds is 7. The van der Waals surface area contributed by atoms with E-state index in [-0.39, 0.29) is 0 Å². The molecular formula is C17H33N3O. The third-order valence-electron chi connectivity index (χ3n) is 4.88. The number of nitrogens with one attached hydrogen (secondary N) is 1. The zero-order chi connectivity index (χ0) is 14.9. The van der Waals surface area contributed by atoms with Crippen LogP contribution in [0.15, 0.2) is 4.99 Å². The molecule has 2 atom stereocenters. The molecule has 0 amide bonds. The number of aliphatic imine (C=N–C) groups is 1. The van der Waals surface area contributed by atoms with E-state index in [9.17, 15) is 0 Å². The zero-order valence-electron chi connectivity index (χ0n) is 13.9. The fourth-order valence-electron chi connectivity index (χ4n) is 3.63. The smallest absolute Gasteiger partial charge is 0.193 e. The van der Waals surface area contributed by atoms with Crippen LogP contribution in [0.5, 0.6) is 0 Å². The molecule has 0 radical (unpaired) electrons. The Morgan fingerprint density at radius 3 is 2.43 bits per heavy atom. The summed E-state index contributed by atoms with van der Waals surface area (Å²) in [6.07, 6.45) is 9.14. The summed E-state index contributed by atoms with van der Waals surface area (Å²) in [6, 6.07) is 0. The first kappa shape index (κ1) is 16.6.